The molecule has 0 saturated heterocycles. The van der Waals surface area contributed by atoms with E-state index in [1.807, 2.05) is 45.0 Å². The maximum Gasteiger partial charge on any atom is 0.411 e. The molecule has 4 saturated carbocycles. The van der Waals surface area contributed by atoms with Gasteiger partial charge in [0, 0.05) is 11.6 Å². The second kappa shape index (κ2) is 12.9. The van der Waals surface area contributed by atoms with Crippen molar-refractivity contribution in [2.24, 2.45) is 50.7 Å². The molecule has 50 heavy (non-hydrogen) atoms. The van der Waals surface area contributed by atoms with E-state index in [1.165, 1.54) is 30.4 Å². The number of nitrogens with zero attached hydrogens (tertiary/aromatic N) is 1. The summed E-state index contributed by atoms with van der Waals surface area (Å²) in [4.78, 5) is 30.6. The van der Waals surface area contributed by atoms with Crippen molar-refractivity contribution in [2.45, 2.75) is 158 Å². The molecule has 0 radical (unpaired) electrons. The number of hydrogen-bond acceptors (Lipinski definition) is 4. The molecule has 1 N–H and O–H groups in total. The summed E-state index contributed by atoms with van der Waals surface area (Å²) < 4.78 is 6.03. The van der Waals surface area contributed by atoms with E-state index in [0.717, 1.165) is 50.5 Å². The van der Waals surface area contributed by atoms with Gasteiger partial charge in [-0.15, -0.1) is 0 Å². The Hall–Kier alpha value is -1.85. The summed E-state index contributed by atoms with van der Waals surface area (Å²) in [6, 6.07) is 7.55. The van der Waals surface area contributed by atoms with Crippen LogP contribution in [0.1, 0.15) is 145 Å². The number of halogens is 1. The van der Waals surface area contributed by atoms with Gasteiger partial charge in [-0.2, -0.15) is 0 Å². The molecule has 5 aliphatic rings. The van der Waals surface area contributed by atoms with Crippen LogP contribution in [0.5, 0.6) is 0 Å². The van der Waals surface area contributed by atoms with E-state index in [9.17, 15) is 9.90 Å². The quantitative estimate of drug-likeness (QED) is 0.273. The predicted octanol–water partition coefficient (Wildman–Crippen LogP) is 11.2. The summed E-state index contributed by atoms with van der Waals surface area (Å²) in [6.45, 7) is 23.3. The zero-order valence-electron chi connectivity index (χ0n) is 32.9. The standard InChI is InChI=1S/C44H66ClNO4/c1-11-39(4,5)50-38(49)46(26-29-12-14-30(45)15-13-29)27-36(48)44-23-18-31(28(2)3)37(44)32-16-17-34-41(8)21-20-35(47)40(6,7)33(41)19-22-43(34,10)42(32,9)24-25-44/h12-15,28,32-35,47H,11,16-27H2,1-10H3. The number of carbonyl (C=O) groups is 2. The molecule has 0 aromatic heterocycles. The Kier molecular flexibility index (Phi) is 9.79. The predicted molar refractivity (Wildman–Crippen MR) is 203 cm³/mol. The number of Topliss-reactive ketones (excluding diaryl/α,β-unsaturated/α-hetero) is 1. The van der Waals surface area contributed by atoms with Crippen LogP contribution in [-0.4, -0.2) is 40.1 Å². The van der Waals surface area contributed by atoms with E-state index in [-0.39, 0.29) is 40.1 Å². The van der Waals surface area contributed by atoms with Crippen LogP contribution in [0.15, 0.2) is 35.4 Å². The maximum absolute atomic E-state index is 15.1. The van der Waals surface area contributed by atoms with E-state index in [0.29, 0.717) is 41.7 Å². The first kappa shape index (κ1) is 37.9. The number of amides is 1. The molecule has 6 rings (SSSR count). The number of fused-ring (bicyclic) bond motifs is 7. The molecule has 4 fully saturated rings. The third-order valence-electron chi connectivity index (χ3n) is 16.3. The van der Waals surface area contributed by atoms with Crippen LogP contribution >= 0.6 is 11.6 Å². The summed E-state index contributed by atoms with van der Waals surface area (Å²) in [5.74, 6) is 2.10. The highest BCUT2D eigenvalue weighted by molar-refractivity contribution is 6.30. The van der Waals surface area contributed by atoms with Crippen molar-refractivity contribution in [3.8, 4) is 0 Å². The summed E-state index contributed by atoms with van der Waals surface area (Å²) in [6.07, 6.45) is 10.5. The molecule has 6 heteroatoms. The minimum Gasteiger partial charge on any atom is -0.443 e. The summed E-state index contributed by atoms with van der Waals surface area (Å²) in [7, 11) is 0. The smallest absolute Gasteiger partial charge is 0.411 e. The van der Waals surface area contributed by atoms with Gasteiger partial charge in [0.1, 0.15) is 5.60 Å². The van der Waals surface area contributed by atoms with Crippen LogP contribution in [-0.2, 0) is 16.1 Å². The van der Waals surface area contributed by atoms with Gasteiger partial charge in [-0.05, 0) is 148 Å². The Labute approximate surface area is 308 Å². The van der Waals surface area contributed by atoms with Crippen LogP contribution in [0.25, 0.3) is 0 Å². The molecule has 0 heterocycles. The van der Waals surface area contributed by atoms with Gasteiger partial charge >= 0.3 is 6.09 Å². The summed E-state index contributed by atoms with van der Waals surface area (Å²) in [5.41, 5.74) is 3.18. The zero-order valence-corrected chi connectivity index (χ0v) is 33.6. The zero-order chi connectivity index (χ0) is 36.7. The van der Waals surface area contributed by atoms with Gasteiger partial charge in [0.25, 0.3) is 0 Å². The van der Waals surface area contributed by atoms with E-state index < -0.39 is 17.1 Å². The highest BCUT2D eigenvalue weighted by Crippen LogP contribution is 2.77. The molecule has 5 aliphatic carbocycles. The molecule has 5 nitrogen and oxygen atoms in total. The monoisotopic (exact) mass is 707 g/mol. The van der Waals surface area contributed by atoms with Crippen molar-refractivity contribution in [3.05, 3.63) is 46.0 Å². The average molecular weight is 708 g/mol. The third-order valence-corrected chi connectivity index (χ3v) is 16.5. The lowest BCUT2D eigenvalue weighted by Gasteiger charge is -2.72. The normalized spacial score (nSPS) is 37.8. The van der Waals surface area contributed by atoms with E-state index in [1.54, 1.807) is 4.90 Å². The molecular weight excluding hydrogens is 642 g/mol. The lowest BCUT2D eigenvalue weighted by atomic mass is 9.33. The van der Waals surface area contributed by atoms with Crippen molar-refractivity contribution >= 4 is 23.5 Å². The lowest BCUT2D eigenvalue weighted by molar-refractivity contribution is -0.228. The lowest BCUT2D eigenvalue weighted by Crippen LogP contribution is -2.66. The topological polar surface area (TPSA) is 66.8 Å². The van der Waals surface area contributed by atoms with Gasteiger partial charge in [0.05, 0.1) is 18.1 Å². The largest absolute Gasteiger partial charge is 0.443 e. The van der Waals surface area contributed by atoms with Crippen molar-refractivity contribution < 1.29 is 19.4 Å². The van der Waals surface area contributed by atoms with Crippen LogP contribution in [0.2, 0.25) is 5.02 Å². The fourth-order valence-electron chi connectivity index (χ4n) is 12.8. The van der Waals surface area contributed by atoms with E-state index in [2.05, 4.69) is 48.5 Å². The Balaban J connectivity index is 1.34. The Morgan fingerprint density at radius 1 is 0.920 bits per heavy atom. The molecule has 8 atom stereocenters. The molecule has 0 aliphatic heterocycles. The van der Waals surface area contributed by atoms with Crippen molar-refractivity contribution in [1.82, 2.24) is 4.90 Å². The van der Waals surface area contributed by atoms with Crippen LogP contribution in [0, 0.1) is 50.7 Å². The number of hydrogen-bond donors (Lipinski definition) is 1. The average Bonchev–Trinajstić information content (AvgIpc) is 3.45. The van der Waals surface area contributed by atoms with E-state index >= 15 is 4.79 Å². The molecule has 1 aromatic carbocycles. The first-order chi connectivity index (χ1) is 23.3. The number of aliphatic hydroxyl groups excluding tert-OH is 1. The first-order valence-electron chi connectivity index (χ1n) is 19.9. The number of ether oxygens (including phenoxy) is 1. The number of ketones is 1. The second-order valence-corrected chi connectivity index (χ2v) is 20.0. The van der Waals surface area contributed by atoms with Gasteiger partial charge in [0.2, 0.25) is 0 Å². The fraction of sp³-hybridized carbons (Fsp3) is 0.773. The van der Waals surface area contributed by atoms with Crippen molar-refractivity contribution in [2.75, 3.05) is 6.54 Å². The molecular formula is C44H66ClNO4. The minimum absolute atomic E-state index is 0.0522. The number of rotatable bonds is 8. The van der Waals surface area contributed by atoms with Gasteiger partial charge in [0.15, 0.2) is 5.78 Å². The highest BCUT2D eigenvalue weighted by atomic mass is 35.5. The van der Waals surface area contributed by atoms with Crippen molar-refractivity contribution in [1.29, 1.82) is 0 Å². The highest BCUT2D eigenvalue weighted by Gasteiger charge is 2.70. The Morgan fingerprint density at radius 2 is 1.60 bits per heavy atom. The summed E-state index contributed by atoms with van der Waals surface area (Å²) in [5, 5.41) is 11.8. The third kappa shape index (κ3) is 5.82. The van der Waals surface area contributed by atoms with Gasteiger partial charge < -0.3 is 9.84 Å². The Morgan fingerprint density at radius 3 is 2.24 bits per heavy atom. The molecule has 0 spiro atoms. The van der Waals surface area contributed by atoms with Gasteiger partial charge in [-0.1, -0.05) is 90.3 Å². The molecule has 0 bridgehead atoms. The summed E-state index contributed by atoms with van der Waals surface area (Å²) >= 11 is 6.21. The number of allylic oxidation sites excluding steroid dienone is 2. The first-order valence-corrected chi connectivity index (χ1v) is 20.3. The molecule has 1 aromatic rings. The van der Waals surface area contributed by atoms with Crippen LogP contribution in [0.3, 0.4) is 0 Å². The second-order valence-electron chi connectivity index (χ2n) is 19.6. The molecule has 1 amide bonds. The molecule has 278 valence electrons. The SMILES string of the molecule is CCC(C)(C)OC(=O)N(CC(=O)C12CCC(C(C)C)=C1C1CCC3C4(C)CCC(O)C(C)(C)C4CCC3(C)C1(C)CC2)Cc1ccc(Cl)cc1. The minimum atomic E-state index is -0.623. The number of aliphatic hydroxyl groups is 1. The maximum atomic E-state index is 15.1. The fourth-order valence-corrected chi connectivity index (χ4v) is 12.9. The Bertz CT molecular complexity index is 1510. The van der Waals surface area contributed by atoms with Crippen molar-refractivity contribution in [3.63, 3.8) is 0 Å². The van der Waals surface area contributed by atoms with Gasteiger partial charge in [-0.3, -0.25) is 9.69 Å². The van der Waals surface area contributed by atoms with E-state index in [4.69, 9.17) is 16.3 Å². The van der Waals surface area contributed by atoms with Crippen LogP contribution < -0.4 is 0 Å². The number of benzene rings is 1. The van der Waals surface area contributed by atoms with Crippen LogP contribution in [0.4, 0.5) is 4.79 Å². The molecule has 8 unspecified atom stereocenters. The number of carbonyl (C=O) groups excluding carboxylic acids is 2. The van der Waals surface area contributed by atoms with Gasteiger partial charge in [-0.25, -0.2) is 4.79 Å².